The molecule has 10 heteroatoms. The van der Waals surface area contributed by atoms with E-state index >= 15 is 0 Å². The van der Waals surface area contributed by atoms with Crippen molar-refractivity contribution in [2.45, 2.75) is 18.9 Å². The van der Waals surface area contributed by atoms with E-state index in [4.69, 9.17) is 14.2 Å². The summed E-state index contributed by atoms with van der Waals surface area (Å²) in [5.41, 5.74) is 2.81. The number of carbonyl (C=O) groups is 3. The van der Waals surface area contributed by atoms with E-state index in [0.717, 1.165) is 27.9 Å². The second-order valence-electron chi connectivity index (χ2n) is 10.1. The second kappa shape index (κ2) is 8.77. The number of carbonyl (C=O) groups excluding carboxylic acids is 3. The Kier molecular flexibility index (Phi) is 5.28. The monoisotopic (exact) mass is 538 g/mol. The SMILES string of the molecule is COc1ccc2[nH]c3c(c2c1)CCN1C(=O)N(c2ccc(C(=O)Nc4ccc5c(c4)OCCO5)cc2)C(=O)C31C. The summed E-state index contributed by atoms with van der Waals surface area (Å²) in [6.45, 7) is 3.13. The van der Waals surface area contributed by atoms with Gasteiger partial charge >= 0.3 is 6.03 Å². The van der Waals surface area contributed by atoms with Gasteiger partial charge in [-0.2, -0.15) is 0 Å². The molecule has 7 rings (SSSR count). The first-order valence-electron chi connectivity index (χ1n) is 13.0. The fourth-order valence-electron chi connectivity index (χ4n) is 5.86. The third kappa shape index (κ3) is 3.45. The van der Waals surface area contributed by atoms with E-state index in [9.17, 15) is 14.4 Å². The van der Waals surface area contributed by atoms with Gasteiger partial charge in [0.05, 0.1) is 18.5 Å². The molecule has 2 N–H and O–H groups in total. The topological polar surface area (TPSA) is 113 Å². The number of H-pyrrole nitrogens is 1. The van der Waals surface area contributed by atoms with Crippen molar-refractivity contribution < 1.29 is 28.6 Å². The van der Waals surface area contributed by atoms with Gasteiger partial charge < -0.3 is 29.4 Å². The maximum atomic E-state index is 13.9. The number of rotatable bonds is 4. The number of methoxy groups -OCH3 is 1. The summed E-state index contributed by atoms with van der Waals surface area (Å²) in [4.78, 5) is 46.6. The highest BCUT2D eigenvalue weighted by Gasteiger charge is 2.59. The zero-order chi connectivity index (χ0) is 27.6. The molecule has 40 heavy (non-hydrogen) atoms. The Morgan fingerprint density at radius 2 is 1.77 bits per heavy atom. The van der Waals surface area contributed by atoms with Gasteiger partial charge in [-0.3, -0.25) is 9.59 Å². The molecule has 3 aromatic carbocycles. The summed E-state index contributed by atoms with van der Waals surface area (Å²) in [7, 11) is 1.62. The van der Waals surface area contributed by atoms with E-state index in [0.29, 0.717) is 54.6 Å². The van der Waals surface area contributed by atoms with Crippen LogP contribution in [0.2, 0.25) is 0 Å². The number of nitrogens with one attached hydrogen (secondary N) is 2. The molecule has 1 unspecified atom stereocenters. The average Bonchev–Trinajstić information content (AvgIpc) is 3.45. The first-order chi connectivity index (χ1) is 19.4. The molecule has 0 saturated carbocycles. The summed E-state index contributed by atoms with van der Waals surface area (Å²) in [6.07, 6.45) is 0.615. The van der Waals surface area contributed by atoms with Crippen molar-refractivity contribution >= 4 is 40.1 Å². The van der Waals surface area contributed by atoms with Crippen LogP contribution in [0.5, 0.6) is 17.2 Å². The first kappa shape index (κ1) is 24.1. The molecular formula is C30H26N4O6. The minimum absolute atomic E-state index is 0.329. The molecular weight excluding hydrogens is 512 g/mol. The number of imide groups is 1. The second-order valence-corrected chi connectivity index (χ2v) is 10.1. The Balaban J connectivity index is 1.15. The summed E-state index contributed by atoms with van der Waals surface area (Å²) in [6, 6.07) is 17.0. The fourth-order valence-corrected chi connectivity index (χ4v) is 5.86. The Bertz CT molecular complexity index is 1710. The van der Waals surface area contributed by atoms with E-state index in [1.54, 1.807) is 61.4 Å². The third-order valence-electron chi connectivity index (χ3n) is 7.95. The highest BCUT2D eigenvalue weighted by atomic mass is 16.6. The molecule has 10 nitrogen and oxygen atoms in total. The average molecular weight is 539 g/mol. The number of nitrogens with zero attached hydrogens (tertiary/aromatic N) is 2. The molecule has 4 aromatic rings. The van der Waals surface area contributed by atoms with Gasteiger partial charge in [-0.25, -0.2) is 9.69 Å². The lowest BCUT2D eigenvalue weighted by Crippen LogP contribution is -2.49. The van der Waals surface area contributed by atoms with Crippen molar-refractivity contribution in [2.75, 3.05) is 37.1 Å². The first-order valence-corrected chi connectivity index (χ1v) is 13.0. The van der Waals surface area contributed by atoms with E-state index in [-0.39, 0.29) is 17.8 Å². The number of amides is 4. The van der Waals surface area contributed by atoms with Crippen LogP contribution in [-0.2, 0) is 16.8 Å². The van der Waals surface area contributed by atoms with E-state index < -0.39 is 5.54 Å². The van der Waals surface area contributed by atoms with Gasteiger partial charge in [-0.1, -0.05) is 0 Å². The minimum Gasteiger partial charge on any atom is -0.497 e. The lowest BCUT2D eigenvalue weighted by molar-refractivity contribution is -0.125. The van der Waals surface area contributed by atoms with Gasteiger partial charge in [0.1, 0.15) is 19.0 Å². The summed E-state index contributed by atoms with van der Waals surface area (Å²) in [5.74, 6) is 1.27. The van der Waals surface area contributed by atoms with Gasteiger partial charge in [0, 0.05) is 34.8 Å². The molecule has 0 spiro atoms. The van der Waals surface area contributed by atoms with Crippen molar-refractivity contribution in [3.05, 3.63) is 77.5 Å². The largest absolute Gasteiger partial charge is 0.497 e. The predicted molar refractivity (Wildman–Crippen MR) is 147 cm³/mol. The number of benzene rings is 3. The van der Waals surface area contributed by atoms with Crippen molar-refractivity contribution in [1.82, 2.24) is 9.88 Å². The highest BCUT2D eigenvalue weighted by molar-refractivity contribution is 6.23. The normalized spacial score (nSPS) is 19.4. The number of hydrogen-bond donors (Lipinski definition) is 2. The van der Waals surface area contributed by atoms with Crippen molar-refractivity contribution in [3.63, 3.8) is 0 Å². The molecule has 202 valence electrons. The lowest BCUT2D eigenvalue weighted by Gasteiger charge is -2.35. The minimum atomic E-state index is -1.18. The smallest absolute Gasteiger partial charge is 0.332 e. The quantitative estimate of drug-likeness (QED) is 0.372. The van der Waals surface area contributed by atoms with Gasteiger partial charge in [0.15, 0.2) is 17.0 Å². The Morgan fingerprint density at radius 3 is 2.55 bits per heavy atom. The molecule has 3 aliphatic heterocycles. The van der Waals surface area contributed by atoms with Crippen LogP contribution in [0.25, 0.3) is 10.9 Å². The number of ether oxygens (including phenoxy) is 3. The van der Waals surface area contributed by atoms with Crippen LogP contribution in [-0.4, -0.2) is 54.6 Å². The van der Waals surface area contributed by atoms with Crippen molar-refractivity contribution in [1.29, 1.82) is 0 Å². The van der Waals surface area contributed by atoms with Crippen LogP contribution in [0, 0.1) is 0 Å². The van der Waals surface area contributed by atoms with Crippen LogP contribution in [0.4, 0.5) is 16.2 Å². The molecule has 1 fully saturated rings. The summed E-state index contributed by atoms with van der Waals surface area (Å²) >= 11 is 0. The Hall–Kier alpha value is -4.99. The van der Waals surface area contributed by atoms with Crippen LogP contribution >= 0.6 is 0 Å². The van der Waals surface area contributed by atoms with E-state index in [1.807, 2.05) is 18.2 Å². The van der Waals surface area contributed by atoms with Gasteiger partial charge in [0.25, 0.3) is 11.8 Å². The zero-order valence-electron chi connectivity index (χ0n) is 21.9. The molecule has 0 aliphatic carbocycles. The summed E-state index contributed by atoms with van der Waals surface area (Å²) < 4.78 is 16.5. The maximum absolute atomic E-state index is 13.9. The highest BCUT2D eigenvalue weighted by Crippen LogP contribution is 2.45. The molecule has 1 atom stereocenters. The number of fused-ring (bicyclic) bond motifs is 6. The van der Waals surface area contributed by atoms with Crippen LogP contribution in [0.3, 0.4) is 0 Å². The molecule has 4 heterocycles. The number of hydrogen-bond acceptors (Lipinski definition) is 6. The number of aromatic amines is 1. The van der Waals surface area contributed by atoms with Gasteiger partial charge in [0.2, 0.25) is 0 Å². The predicted octanol–water partition coefficient (Wildman–Crippen LogP) is 4.44. The van der Waals surface area contributed by atoms with Gasteiger partial charge in [-0.15, -0.1) is 0 Å². The fraction of sp³-hybridized carbons (Fsp3) is 0.233. The number of aromatic nitrogens is 1. The third-order valence-corrected chi connectivity index (χ3v) is 7.95. The molecule has 1 aromatic heterocycles. The van der Waals surface area contributed by atoms with Crippen LogP contribution in [0.15, 0.2) is 60.7 Å². The number of anilines is 2. The van der Waals surface area contributed by atoms with E-state index in [1.165, 1.54) is 4.90 Å². The van der Waals surface area contributed by atoms with Gasteiger partial charge in [-0.05, 0) is 73.5 Å². The Morgan fingerprint density at radius 1 is 1.00 bits per heavy atom. The molecule has 0 bridgehead atoms. The zero-order valence-corrected chi connectivity index (χ0v) is 21.9. The van der Waals surface area contributed by atoms with Crippen LogP contribution < -0.4 is 24.4 Å². The lowest BCUT2D eigenvalue weighted by atomic mass is 9.87. The molecule has 0 radical (unpaired) electrons. The van der Waals surface area contributed by atoms with Crippen molar-refractivity contribution in [2.24, 2.45) is 0 Å². The van der Waals surface area contributed by atoms with E-state index in [2.05, 4.69) is 10.3 Å². The number of urea groups is 1. The summed E-state index contributed by atoms with van der Waals surface area (Å²) in [5, 5.41) is 3.84. The maximum Gasteiger partial charge on any atom is 0.332 e. The molecule has 4 amide bonds. The standard InChI is InChI=1S/C30H26N4O6/c1-30-26-21(22-16-20(38-2)8-9-23(22)32-26)11-12-33(30)29(37)34(28(30)36)19-6-3-17(4-7-19)27(35)31-18-5-10-24-25(15-18)40-14-13-39-24/h3-10,15-16,32H,11-14H2,1-2H3,(H,31,35). The molecule has 1 saturated heterocycles. The van der Waals surface area contributed by atoms with Crippen LogP contribution in [0.1, 0.15) is 28.5 Å². The molecule has 3 aliphatic rings. The van der Waals surface area contributed by atoms with Crippen molar-refractivity contribution in [3.8, 4) is 17.2 Å². The Labute approximate surface area is 229 Å².